The summed E-state index contributed by atoms with van der Waals surface area (Å²) in [4.78, 5) is 18.4. The van der Waals surface area contributed by atoms with E-state index in [0.29, 0.717) is 29.1 Å². The van der Waals surface area contributed by atoms with Crippen LogP contribution in [-0.4, -0.2) is 15.9 Å². The maximum absolute atomic E-state index is 13.6. The fourth-order valence-corrected chi connectivity index (χ4v) is 4.64. The average molecular weight is 554 g/mol. The fraction of sp³-hybridized carbons (Fsp3) is 0.194. The monoisotopic (exact) mass is 553 g/mol. The zero-order valence-corrected chi connectivity index (χ0v) is 22.7. The second-order valence-corrected chi connectivity index (χ2v) is 10.2. The Morgan fingerprint density at radius 2 is 1.81 bits per heavy atom. The standard InChI is InChI=1S/C31H28BrN3O2/c1-4-21(3)30-34-28-15-14-24(32)17-26(28)31(36)35(30)33-18-27-25-8-6-5-7-23(25)13-16-29(27)37-19-22-11-9-20(2)10-12-22/h5-18,21H,4,19H2,1-3H3/t21-/m0/s1. The van der Waals surface area contributed by atoms with Crippen molar-refractivity contribution >= 4 is 43.8 Å². The van der Waals surface area contributed by atoms with Crippen LogP contribution < -0.4 is 10.3 Å². The quantitative estimate of drug-likeness (QED) is 0.195. The van der Waals surface area contributed by atoms with E-state index in [-0.39, 0.29) is 11.5 Å². The van der Waals surface area contributed by atoms with Gasteiger partial charge in [0.2, 0.25) is 0 Å². The minimum atomic E-state index is -0.194. The third kappa shape index (κ3) is 5.20. The maximum atomic E-state index is 13.6. The van der Waals surface area contributed by atoms with Crippen LogP contribution >= 0.6 is 15.9 Å². The lowest BCUT2D eigenvalue weighted by atomic mass is 10.0. The fourth-order valence-electron chi connectivity index (χ4n) is 4.27. The lowest BCUT2D eigenvalue weighted by Gasteiger charge is -2.15. The molecule has 0 saturated heterocycles. The van der Waals surface area contributed by atoms with Gasteiger partial charge in [-0.25, -0.2) is 4.98 Å². The molecule has 186 valence electrons. The zero-order chi connectivity index (χ0) is 25.9. The maximum Gasteiger partial charge on any atom is 0.282 e. The molecule has 0 N–H and O–H groups in total. The van der Waals surface area contributed by atoms with Crippen molar-refractivity contribution in [2.75, 3.05) is 0 Å². The van der Waals surface area contributed by atoms with Crippen molar-refractivity contribution in [3.63, 3.8) is 0 Å². The molecule has 0 aliphatic heterocycles. The van der Waals surface area contributed by atoms with Gasteiger partial charge in [0, 0.05) is 16.0 Å². The number of nitrogens with zero attached hydrogens (tertiary/aromatic N) is 3. The lowest BCUT2D eigenvalue weighted by molar-refractivity contribution is 0.306. The van der Waals surface area contributed by atoms with Crippen molar-refractivity contribution < 1.29 is 4.74 Å². The van der Waals surface area contributed by atoms with Crippen LogP contribution in [0.3, 0.4) is 0 Å². The van der Waals surface area contributed by atoms with Gasteiger partial charge in [0.25, 0.3) is 5.56 Å². The summed E-state index contributed by atoms with van der Waals surface area (Å²) in [6, 6.07) is 26.0. The summed E-state index contributed by atoms with van der Waals surface area (Å²) in [5.41, 5.74) is 3.59. The van der Waals surface area contributed by atoms with Crippen LogP contribution in [-0.2, 0) is 6.61 Å². The molecule has 0 fully saturated rings. The summed E-state index contributed by atoms with van der Waals surface area (Å²) in [6.07, 6.45) is 2.56. The van der Waals surface area contributed by atoms with E-state index in [2.05, 4.69) is 67.0 Å². The molecular formula is C31H28BrN3O2. The molecule has 0 aliphatic rings. The number of fused-ring (bicyclic) bond motifs is 2. The van der Waals surface area contributed by atoms with Crippen molar-refractivity contribution in [3.05, 3.63) is 116 Å². The highest BCUT2D eigenvalue weighted by Crippen LogP contribution is 2.28. The normalized spacial score (nSPS) is 12.4. The molecule has 1 aromatic heterocycles. The van der Waals surface area contributed by atoms with Gasteiger partial charge in [0.1, 0.15) is 18.2 Å². The molecule has 5 rings (SSSR count). The van der Waals surface area contributed by atoms with E-state index in [1.807, 2.05) is 42.5 Å². The largest absolute Gasteiger partial charge is 0.488 e. The third-order valence-corrected chi connectivity index (χ3v) is 7.13. The predicted octanol–water partition coefficient (Wildman–Crippen LogP) is 7.60. The lowest BCUT2D eigenvalue weighted by Crippen LogP contribution is -2.23. The third-order valence-electron chi connectivity index (χ3n) is 6.63. The Hall–Kier alpha value is -3.77. The van der Waals surface area contributed by atoms with E-state index in [4.69, 9.17) is 14.8 Å². The Balaban J connectivity index is 1.63. The second kappa shape index (κ2) is 10.7. The first-order chi connectivity index (χ1) is 17.9. The number of halogens is 1. The van der Waals surface area contributed by atoms with Gasteiger partial charge in [-0.2, -0.15) is 9.78 Å². The number of rotatable bonds is 7. The van der Waals surface area contributed by atoms with E-state index >= 15 is 0 Å². The van der Waals surface area contributed by atoms with E-state index in [0.717, 1.165) is 32.8 Å². The van der Waals surface area contributed by atoms with E-state index in [1.54, 1.807) is 12.3 Å². The first-order valence-corrected chi connectivity index (χ1v) is 13.2. The summed E-state index contributed by atoms with van der Waals surface area (Å²) in [5, 5.41) is 7.32. The van der Waals surface area contributed by atoms with Crippen molar-refractivity contribution in [2.24, 2.45) is 5.10 Å². The average Bonchev–Trinajstić information content (AvgIpc) is 2.92. The van der Waals surface area contributed by atoms with Gasteiger partial charge >= 0.3 is 0 Å². The van der Waals surface area contributed by atoms with Gasteiger partial charge in [-0.05, 0) is 53.9 Å². The van der Waals surface area contributed by atoms with Crippen LogP contribution in [0.5, 0.6) is 5.75 Å². The minimum absolute atomic E-state index is 0.0580. The Morgan fingerprint density at radius 1 is 1.03 bits per heavy atom. The first-order valence-electron chi connectivity index (χ1n) is 12.4. The van der Waals surface area contributed by atoms with Crippen LogP contribution in [0.25, 0.3) is 21.7 Å². The second-order valence-electron chi connectivity index (χ2n) is 9.28. The molecule has 0 amide bonds. The van der Waals surface area contributed by atoms with Gasteiger partial charge in [-0.1, -0.05) is 89.9 Å². The molecule has 0 spiro atoms. The van der Waals surface area contributed by atoms with Gasteiger partial charge in [0.05, 0.1) is 17.1 Å². The molecule has 0 unspecified atom stereocenters. The van der Waals surface area contributed by atoms with Crippen molar-refractivity contribution in [1.82, 2.24) is 9.66 Å². The number of benzene rings is 4. The first kappa shape index (κ1) is 24.9. The molecule has 0 aliphatic carbocycles. The van der Waals surface area contributed by atoms with Crippen molar-refractivity contribution in [3.8, 4) is 5.75 Å². The Kier molecular flexibility index (Phi) is 7.19. The van der Waals surface area contributed by atoms with E-state index in [1.165, 1.54) is 10.2 Å². The Labute approximate surface area is 224 Å². The molecule has 6 heteroatoms. The van der Waals surface area contributed by atoms with Crippen LogP contribution in [0.1, 0.15) is 48.7 Å². The predicted molar refractivity (Wildman–Crippen MR) is 155 cm³/mol. The van der Waals surface area contributed by atoms with E-state index < -0.39 is 0 Å². The summed E-state index contributed by atoms with van der Waals surface area (Å²) in [7, 11) is 0. The highest BCUT2D eigenvalue weighted by atomic mass is 79.9. The van der Waals surface area contributed by atoms with E-state index in [9.17, 15) is 4.79 Å². The van der Waals surface area contributed by atoms with Crippen LogP contribution in [0, 0.1) is 6.92 Å². The zero-order valence-electron chi connectivity index (χ0n) is 21.1. The molecule has 5 aromatic rings. The SMILES string of the molecule is CC[C@H](C)c1nc2ccc(Br)cc2c(=O)n1N=Cc1c(OCc2ccc(C)cc2)ccc2ccccc12. The summed E-state index contributed by atoms with van der Waals surface area (Å²) in [6.45, 7) is 6.65. The molecule has 4 aromatic carbocycles. The highest BCUT2D eigenvalue weighted by Gasteiger charge is 2.16. The molecule has 0 saturated carbocycles. The Bertz CT molecular complexity index is 1670. The minimum Gasteiger partial charge on any atom is -0.488 e. The summed E-state index contributed by atoms with van der Waals surface area (Å²) < 4.78 is 8.54. The van der Waals surface area contributed by atoms with Crippen LogP contribution in [0.2, 0.25) is 0 Å². The number of hydrogen-bond donors (Lipinski definition) is 0. The van der Waals surface area contributed by atoms with Crippen molar-refractivity contribution in [2.45, 2.75) is 39.7 Å². The van der Waals surface area contributed by atoms with Gasteiger partial charge in [-0.15, -0.1) is 0 Å². The Morgan fingerprint density at radius 3 is 2.59 bits per heavy atom. The molecule has 0 radical (unpaired) electrons. The summed E-state index contributed by atoms with van der Waals surface area (Å²) in [5.74, 6) is 1.40. The van der Waals surface area contributed by atoms with Gasteiger partial charge in [-0.3, -0.25) is 4.79 Å². The smallest absolute Gasteiger partial charge is 0.282 e. The highest BCUT2D eigenvalue weighted by molar-refractivity contribution is 9.10. The number of hydrogen-bond acceptors (Lipinski definition) is 4. The molecule has 0 bridgehead atoms. The number of aryl methyl sites for hydroxylation is 1. The topological polar surface area (TPSA) is 56.5 Å². The van der Waals surface area contributed by atoms with Crippen molar-refractivity contribution in [1.29, 1.82) is 0 Å². The molecule has 37 heavy (non-hydrogen) atoms. The molecule has 1 atom stereocenters. The van der Waals surface area contributed by atoms with Crippen LogP contribution in [0.15, 0.2) is 93.2 Å². The van der Waals surface area contributed by atoms with Gasteiger partial charge < -0.3 is 4.74 Å². The van der Waals surface area contributed by atoms with Crippen LogP contribution in [0.4, 0.5) is 0 Å². The number of aromatic nitrogens is 2. The molecule has 5 nitrogen and oxygen atoms in total. The van der Waals surface area contributed by atoms with Gasteiger partial charge in [0.15, 0.2) is 0 Å². The summed E-state index contributed by atoms with van der Waals surface area (Å²) >= 11 is 3.47. The number of ether oxygens (including phenoxy) is 1. The molecular weight excluding hydrogens is 526 g/mol. The molecule has 1 heterocycles.